The molecule has 12 N–H and O–H groups in total. The summed E-state index contributed by atoms with van der Waals surface area (Å²) in [5.74, 6) is 9.60. The summed E-state index contributed by atoms with van der Waals surface area (Å²) in [6.45, 7) is 16.6. The van der Waals surface area contributed by atoms with Crippen LogP contribution in [0.2, 0.25) is 0 Å². The van der Waals surface area contributed by atoms with E-state index < -0.39 is 149 Å². The fourth-order valence-electron chi connectivity index (χ4n) is 11.7. The van der Waals surface area contributed by atoms with Gasteiger partial charge < -0.3 is 104 Å². The fraction of sp³-hybridized carbons (Fsp3) is 0.682. The van der Waals surface area contributed by atoms with Crippen LogP contribution < -0.4 is 41.4 Å². The first-order valence-corrected chi connectivity index (χ1v) is 36.5. The zero-order valence-electron chi connectivity index (χ0n) is 58.0. The minimum Gasteiger partial charge on any atom is -0.492 e. The summed E-state index contributed by atoms with van der Waals surface area (Å²) in [7, 11) is 9.60. The Kier molecular flexibility index (Phi) is 32.9. The highest BCUT2D eigenvalue weighted by Gasteiger charge is 2.52. The summed E-state index contributed by atoms with van der Waals surface area (Å²) < 4.78 is 72.6. The molecule has 1 aromatic rings. The molecule has 29 nitrogen and oxygen atoms in total. The lowest BCUT2D eigenvalue weighted by Gasteiger charge is -2.46. The standard InChI is InChI=1S/C66H96IN5O24S3/c1-15-17-18-19-20-21-41(47-36(66(9,83)30-40(74)50(47)71-64(82)88-14)24-27-97-99-65(7,8)25-26-70-43(75)23-22-37(68)60(79)80)93-63-57(94-44-29-42(84-10)38(31-89-44)69-16-2)52(77)49(33(4)91-63)72-96-45-28-39(73)59(35(6)90-45)98-61(81)46-32(3)48(67)55(58(87-13)54(46)85-11)95-62-53(78)56(86-12)51(76)34(5)92-62/h18-19,24,33-35,37-39,41-42,44-45,49,51-53,56-57,59,62-63,69,72-73,76-78,83H,16,22-23,25-31,68H2,1-14H3,(H,70,75)(H,71,82)(H,79,80)/b19-18-,36-24+/t33-,34+,35-,37+,38+,39+,41+,42+,44+,45+,49-,51+,52-,53-,56-,57-,59-,62+,63+,66+/m1/s1. The predicted molar refractivity (Wildman–Crippen MR) is 374 cm³/mol. The fourth-order valence-corrected chi connectivity index (χ4v) is 15.9. The number of nitrogens with two attached hydrogens (primary N) is 1. The van der Waals surface area contributed by atoms with E-state index in [4.69, 9.17) is 72.5 Å². The number of amides is 2. The highest BCUT2D eigenvalue weighted by atomic mass is 127. The van der Waals surface area contributed by atoms with Gasteiger partial charge in [-0.15, -0.1) is 5.92 Å². The van der Waals surface area contributed by atoms with Gasteiger partial charge in [-0.3, -0.25) is 29.3 Å². The van der Waals surface area contributed by atoms with Gasteiger partial charge in [-0.2, -0.15) is 5.48 Å². The number of hydroxylamine groups is 1. The highest BCUT2D eigenvalue weighted by Crippen LogP contribution is 2.49. The maximum atomic E-state index is 14.5. The molecule has 2 amide bonds. The van der Waals surface area contributed by atoms with Crippen LogP contribution in [0.4, 0.5) is 4.79 Å². The molecule has 1 aromatic carbocycles. The molecule has 99 heavy (non-hydrogen) atoms. The monoisotopic (exact) mass is 1570 g/mol. The highest BCUT2D eigenvalue weighted by molar-refractivity contribution is 14.1. The first-order valence-electron chi connectivity index (χ1n) is 32.2. The van der Waals surface area contributed by atoms with Gasteiger partial charge in [0.2, 0.25) is 23.1 Å². The molecule has 0 spiro atoms. The number of alkyl carbamates (subject to hydrolysis) is 1. The van der Waals surface area contributed by atoms with Gasteiger partial charge in [-0.1, -0.05) is 64.1 Å². The number of ketones is 1. The number of carbonyl (C=O) groups is 5. The van der Waals surface area contributed by atoms with Gasteiger partial charge in [-0.05, 0) is 121 Å². The topological polar surface area (TPSA) is 401 Å². The van der Waals surface area contributed by atoms with Gasteiger partial charge in [0.15, 0.2) is 36.2 Å². The van der Waals surface area contributed by atoms with E-state index in [2.05, 4.69) is 45.1 Å². The van der Waals surface area contributed by atoms with Gasteiger partial charge in [0.1, 0.15) is 42.7 Å². The largest absolute Gasteiger partial charge is 0.492 e. The summed E-state index contributed by atoms with van der Waals surface area (Å²) in [6, 6.07) is -2.53. The number of aliphatic hydroxyl groups excluding tert-OH is 4. The number of carbonyl (C=O) groups excluding carboxylic acids is 4. The molecule has 1 aliphatic carbocycles. The van der Waals surface area contributed by atoms with Gasteiger partial charge in [0, 0.05) is 62.5 Å². The third-order valence-corrected chi connectivity index (χ3v) is 22.9. The molecule has 4 saturated heterocycles. The molecule has 0 saturated carbocycles. The minimum atomic E-state index is -1.90. The second-order valence-corrected chi connectivity index (χ2v) is 30.1. The van der Waals surface area contributed by atoms with Crippen molar-refractivity contribution in [1.82, 2.24) is 21.4 Å². The van der Waals surface area contributed by atoms with Crippen LogP contribution in [-0.4, -0.2) is 247 Å². The zero-order chi connectivity index (χ0) is 73.2. The molecule has 0 bridgehead atoms. The summed E-state index contributed by atoms with van der Waals surface area (Å²) in [5.41, 5.74) is 6.89. The number of aliphatic carboxylic acids is 1. The summed E-state index contributed by atoms with van der Waals surface area (Å²) in [4.78, 5) is 71.9. The lowest BCUT2D eigenvalue weighted by Crippen LogP contribution is -2.65. The Balaban J connectivity index is 1.27. The Bertz CT molecular complexity index is 3170. The summed E-state index contributed by atoms with van der Waals surface area (Å²) in [6.07, 6.45) is -14.1. The maximum Gasteiger partial charge on any atom is 0.411 e. The van der Waals surface area contributed by atoms with Crippen LogP contribution in [0.25, 0.3) is 0 Å². The Morgan fingerprint density at radius 2 is 1.60 bits per heavy atom. The van der Waals surface area contributed by atoms with Gasteiger partial charge in [0.25, 0.3) is 0 Å². The van der Waals surface area contributed by atoms with Crippen molar-refractivity contribution >= 4 is 84.8 Å². The van der Waals surface area contributed by atoms with Crippen molar-refractivity contribution in [3.8, 4) is 40.9 Å². The molecular weight excluding hydrogens is 1470 g/mol. The SMILES string of the molecule is CC#C/C=C\C#C[C@H](O[C@@H]1O[C@H](C)[C@@H](NO[C@H]2C[C@H](O)[C@H](SC(=O)c3c(C)c(I)c(O[C@@H]4O[C@@H](C)[C@H](O)[C@@H](OC)[C@H]4O)c(OC)c3OC)[C@@H](C)O2)[C@@H](O)[C@H]1O[C@H]1C[C@H](OC)[C@@H](NCC)CO1)C1=C(NC(=O)OC)C(=O)C[C@](C)(O)/C1=C/CSSC(C)(C)CCNC(=O)CC[C@H](N)C(=O)O. The molecule has 4 heterocycles. The van der Waals surface area contributed by atoms with Crippen LogP contribution in [0.1, 0.15) is 110 Å². The van der Waals surface area contributed by atoms with Gasteiger partial charge in [0.05, 0.1) is 96.2 Å². The first-order chi connectivity index (χ1) is 46.9. The van der Waals surface area contributed by atoms with Crippen molar-refractivity contribution in [2.24, 2.45) is 5.73 Å². The molecule has 20 atom stereocenters. The number of likely N-dealkylation sites (N-methyl/N-ethyl adjacent to an activating group) is 1. The Morgan fingerprint density at radius 1 is 0.899 bits per heavy atom. The van der Waals surface area contributed by atoms with Gasteiger partial charge in [-0.25, -0.2) is 4.79 Å². The van der Waals surface area contributed by atoms with E-state index in [0.717, 1.165) is 18.9 Å². The van der Waals surface area contributed by atoms with E-state index >= 15 is 0 Å². The number of nitrogens with one attached hydrogen (secondary N) is 4. The van der Waals surface area contributed by atoms with Crippen molar-refractivity contribution in [3.05, 3.63) is 49.8 Å². The van der Waals surface area contributed by atoms with Crippen molar-refractivity contribution < 1.29 is 116 Å². The number of carboxylic acid groups (broad SMARTS) is 1. The molecule has 6 rings (SSSR count). The normalized spacial score (nSPS) is 31.5. The number of aliphatic hydroxyl groups is 5. The van der Waals surface area contributed by atoms with Crippen LogP contribution in [0.5, 0.6) is 17.2 Å². The number of allylic oxidation sites excluding steroid dienone is 3. The molecular formula is C66H96IN5O24S3. The van der Waals surface area contributed by atoms with E-state index in [9.17, 15) is 49.5 Å². The minimum absolute atomic E-state index is 0.00748. The second-order valence-electron chi connectivity index (χ2n) is 24.8. The van der Waals surface area contributed by atoms with Crippen molar-refractivity contribution in [3.63, 3.8) is 0 Å². The van der Waals surface area contributed by atoms with Crippen molar-refractivity contribution in [2.45, 2.75) is 227 Å². The van der Waals surface area contributed by atoms with Gasteiger partial charge >= 0.3 is 12.1 Å². The Hall–Kier alpha value is -4.39. The van der Waals surface area contributed by atoms with Crippen LogP contribution in [0.3, 0.4) is 0 Å². The number of hydrogen-bond donors (Lipinski definition) is 11. The first kappa shape index (κ1) is 83.6. The molecule has 0 aromatic heterocycles. The quantitative estimate of drug-likeness (QED) is 0.0173. The number of Topliss-reactive ketones (excluding diaryl/α,β-unsaturated/α-hetero) is 1. The third-order valence-electron chi connectivity index (χ3n) is 17.1. The third kappa shape index (κ3) is 22.1. The lowest BCUT2D eigenvalue weighted by atomic mass is 9.76. The molecule has 5 aliphatic rings. The zero-order valence-corrected chi connectivity index (χ0v) is 62.6. The number of thioether (sulfide) groups is 1. The van der Waals surface area contributed by atoms with E-state index in [1.54, 1.807) is 47.8 Å². The van der Waals surface area contributed by atoms with E-state index in [1.165, 1.54) is 62.0 Å². The second kappa shape index (κ2) is 38.9. The molecule has 554 valence electrons. The summed E-state index contributed by atoms with van der Waals surface area (Å²) in [5, 5.41) is 75.0. The van der Waals surface area contributed by atoms with E-state index in [0.29, 0.717) is 22.1 Å². The van der Waals surface area contributed by atoms with E-state index in [1.807, 2.05) is 43.4 Å². The predicted octanol–water partition coefficient (Wildman–Crippen LogP) is 3.42. The van der Waals surface area contributed by atoms with Crippen molar-refractivity contribution in [2.75, 3.05) is 61.0 Å². The number of carboxylic acids is 1. The number of benzene rings is 1. The van der Waals surface area contributed by atoms with Crippen LogP contribution in [-0.2, 0) is 61.9 Å². The molecule has 0 radical (unpaired) electrons. The molecule has 0 unspecified atom stereocenters. The van der Waals surface area contributed by atoms with Crippen LogP contribution in [0, 0.1) is 34.2 Å². The number of halogens is 1. The number of hydrogen-bond acceptors (Lipinski definition) is 29. The smallest absolute Gasteiger partial charge is 0.411 e. The van der Waals surface area contributed by atoms with E-state index in [-0.39, 0.29) is 96.2 Å². The lowest BCUT2D eigenvalue weighted by molar-refractivity contribution is -0.336. The number of methoxy groups -OCH3 is 5. The average molecular weight is 1570 g/mol. The number of rotatable bonds is 30. The maximum absolute atomic E-state index is 14.5. The van der Waals surface area contributed by atoms with Crippen LogP contribution in [0.15, 0.2) is 35.1 Å². The molecule has 33 heteroatoms. The molecule has 4 aliphatic heterocycles. The average Bonchev–Trinajstić information content (AvgIpc) is 0.764. The summed E-state index contributed by atoms with van der Waals surface area (Å²) >= 11 is 2.80. The Morgan fingerprint density at radius 3 is 2.23 bits per heavy atom. The van der Waals surface area contributed by atoms with Crippen LogP contribution >= 0.6 is 55.9 Å². The molecule has 4 fully saturated rings. The van der Waals surface area contributed by atoms with Crippen molar-refractivity contribution in [1.29, 1.82) is 0 Å². The Labute approximate surface area is 603 Å². The number of ether oxygens (including phenoxy) is 12.